The first-order valence-electron chi connectivity index (χ1n) is 9.85. The number of guanidine groups is 1. The Morgan fingerprint density at radius 3 is 2.44 bits per heavy atom. The average molecular weight is 375 g/mol. The third-order valence-electron chi connectivity index (χ3n) is 4.65. The summed E-state index contributed by atoms with van der Waals surface area (Å²) in [5.41, 5.74) is 1.32. The number of hydrogen-bond acceptors (Lipinski definition) is 4. The highest BCUT2D eigenvalue weighted by Gasteiger charge is 2.16. The van der Waals surface area contributed by atoms with Gasteiger partial charge in [-0.25, -0.2) is 4.99 Å². The molecule has 1 aromatic carbocycles. The normalized spacial score (nSPS) is 15.5. The number of aliphatic imine (C=N–C) groups is 1. The van der Waals surface area contributed by atoms with Gasteiger partial charge in [0.25, 0.3) is 0 Å². The van der Waals surface area contributed by atoms with Gasteiger partial charge >= 0.3 is 0 Å². The van der Waals surface area contributed by atoms with Crippen molar-refractivity contribution in [1.82, 2.24) is 20.4 Å². The fraction of sp³-hybridized carbons (Fsp3) is 0.600. The lowest BCUT2D eigenvalue weighted by Gasteiger charge is -2.36. The van der Waals surface area contributed by atoms with E-state index in [2.05, 4.69) is 55.8 Å². The number of hydrogen-bond donors (Lipinski definition) is 2. The number of amides is 1. The molecule has 0 atom stereocenters. The van der Waals surface area contributed by atoms with Gasteiger partial charge in [-0.1, -0.05) is 18.2 Å². The van der Waals surface area contributed by atoms with E-state index >= 15 is 0 Å². The van der Waals surface area contributed by atoms with Crippen LogP contribution in [0.1, 0.15) is 13.3 Å². The van der Waals surface area contributed by atoms with Crippen LogP contribution in [0, 0.1) is 0 Å². The Morgan fingerprint density at radius 2 is 1.81 bits per heavy atom. The molecule has 1 amide bonds. The molecule has 0 spiro atoms. The van der Waals surface area contributed by atoms with E-state index in [0.29, 0.717) is 5.96 Å². The van der Waals surface area contributed by atoms with E-state index in [1.165, 1.54) is 5.69 Å². The molecule has 1 aliphatic heterocycles. The third kappa shape index (κ3) is 7.46. The number of carbonyl (C=O) groups is 1. The zero-order chi connectivity index (χ0) is 19.5. The van der Waals surface area contributed by atoms with Crippen molar-refractivity contribution in [2.45, 2.75) is 13.3 Å². The number of nitrogens with one attached hydrogen (secondary N) is 2. The van der Waals surface area contributed by atoms with E-state index < -0.39 is 0 Å². The summed E-state index contributed by atoms with van der Waals surface area (Å²) in [7, 11) is 3.49. The molecular weight excluding hydrogens is 340 g/mol. The maximum Gasteiger partial charge on any atom is 0.243 e. The molecular formula is C20H34N6O. The maximum atomic E-state index is 11.7. The van der Waals surface area contributed by atoms with E-state index in [0.717, 1.165) is 52.2 Å². The van der Waals surface area contributed by atoms with Gasteiger partial charge in [0.2, 0.25) is 5.91 Å². The van der Waals surface area contributed by atoms with Crippen LogP contribution in [0.4, 0.5) is 5.69 Å². The predicted molar refractivity (Wildman–Crippen MR) is 112 cm³/mol. The summed E-state index contributed by atoms with van der Waals surface area (Å²) < 4.78 is 0. The lowest BCUT2D eigenvalue weighted by atomic mass is 10.2. The zero-order valence-corrected chi connectivity index (χ0v) is 16.9. The summed E-state index contributed by atoms with van der Waals surface area (Å²) >= 11 is 0. The summed E-state index contributed by atoms with van der Waals surface area (Å²) in [6, 6.07) is 10.6. The number of carbonyl (C=O) groups excluding carboxylic acids is 1. The molecule has 0 aromatic heterocycles. The maximum absolute atomic E-state index is 11.7. The van der Waals surface area contributed by atoms with Gasteiger partial charge in [0.15, 0.2) is 5.96 Å². The van der Waals surface area contributed by atoms with Gasteiger partial charge in [-0.2, -0.15) is 0 Å². The smallest absolute Gasteiger partial charge is 0.243 e. The van der Waals surface area contributed by atoms with E-state index in [9.17, 15) is 4.79 Å². The van der Waals surface area contributed by atoms with Gasteiger partial charge in [-0.3, -0.25) is 9.69 Å². The lowest BCUT2D eigenvalue weighted by molar-refractivity contribution is -0.127. The highest BCUT2D eigenvalue weighted by Crippen LogP contribution is 2.15. The van der Waals surface area contributed by atoms with E-state index in [1.807, 2.05) is 6.92 Å². The molecule has 0 saturated carbocycles. The van der Waals surface area contributed by atoms with Crippen LogP contribution in [0.25, 0.3) is 0 Å². The Labute approximate surface area is 163 Å². The summed E-state index contributed by atoms with van der Waals surface area (Å²) in [4.78, 5) is 22.5. The minimum atomic E-state index is 0.00323. The van der Waals surface area contributed by atoms with Crippen molar-refractivity contribution in [2.75, 3.05) is 71.4 Å². The van der Waals surface area contributed by atoms with Crippen LogP contribution in [-0.4, -0.2) is 88.1 Å². The Hall–Kier alpha value is -2.28. The van der Waals surface area contributed by atoms with Crippen LogP contribution in [0.5, 0.6) is 0 Å². The van der Waals surface area contributed by atoms with E-state index in [1.54, 1.807) is 19.0 Å². The van der Waals surface area contributed by atoms with Crippen LogP contribution in [0.15, 0.2) is 35.3 Å². The monoisotopic (exact) mass is 374 g/mol. The number of benzene rings is 1. The van der Waals surface area contributed by atoms with Gasteiger partial charge < -0.3 is 20.4 Å². The fourth-order valence-electron chi connectivity index (χ4n) is 3.01. The van der Waals surface area contributed by atoms with Crippen LogP contribution < -0.4 is 15.5 Å². The molecule has 0 unspecified atom stereocenters. The average Bonchev–Trinajstić information content (AvgIpc) is 2.70. The van der Waals surface area contributed by atoms with E-state index in [4.69, 9.17) is 0 Å². The Bertz CT molecular complexity index is 581. The van der Waals surface area contributed by atoms with Gasteiger partial charge in [-0.05, 0) is 32.0 Å². The zero-order valence-electron chi connectivity index (χ0n) is 16.9. The van der Waals surface area contributed by atoms with Crippen LogP contribution >= 0.6 is 0 Å². The number of anilines is 1. The fourth-order valence-corrected chi connectivity index (χ4v) is 3.01. The standard InChI is InChI=1S/C20H34N6O/c1-4-21-20(23-17-19(27)24(2)3)22-11-8-12-25-13-15-26(16-14-25)18-9-6-5-7-10-18/h5-7,9-10H,4,8,11-17H2,1-3H3,(H2,21,22,23). The molecule has 1 heterocycles. The number of rotatable bonds is 8. The first kappa shape index (κ1) is 21.0. The molecule has 2 rings (SSSR count). The topological polar surface area (TPSA) is 63.2 Å². The van der Waals surface area contributed by atoms with Crippen LogP contribution in [0.2, 0.25) is 0 Å². The molecule has 0 aliphatic carbocycles. The van der Waals surface area contributed by atoms with Crippen molar-refractivity contribution < 1.29 is 4.79 Å². The molecule has 1 aromatic rings. The number of para-hydroxylation sites is 1. The number of nitrogens with zero attached hydrogens (tertiary/aromatic N) is 4. The second kappa shape index (κ2) is 11.4. The van der Waals surface area contributed by atoms with Gasteiger partial charge in [0.05, 0.1) is 0 Å². The molecule has 1 aliphatic rings. The largest absolute Gasteiger partial charge is 0.369 e. The van der Waals surface area contributed by atoms with Gasteiger partial charge in [0.1, 0.15) is 6.54 Å². The summed E-state index contributed by atoms with van der Waals surface area (Å²) in [5.74, 6) is 0.713. The Balaban J connectivity index is 1.65. The highest BCUT2D eigenvalue weighted by atomic mass is 16.2. The molecule has 1 saturated heterocycles. The number of piperazine rings is 1. The molecule has 7 nitrogen and oxygen atoms in total. The Morgan fingerprint density at radius 1 is 1.11 bits per heavy atom. The molecule has 1 fully saturated rings. The van der Waals surface area contributed by atoms with Crippen molar-refractivity contribution in [3.05, 3.63) is 30.3 Å². The number of likely N-dealkylation sites (N-methyl/N-ethyl adjacent to an activating group) is 1. The van der Waals surface area contributed by atoms with Gasteiger partial charge in [-0.15, -0.1) is 0 Å². The summed E-state index contributed by atoms with van der Waals surface area (Å²) in [5, 5.41) is 6.51. The van der Waals surface area contributed by atoms with Crippen LogP contribution in [-0.2, 0) is 4.79 Å². The van der Waals surface area contributed by atoms with Crippen molar-refractivity contribution in [2.24, 2.45) is 4.99 Å². The summed E-state index contributed by atoms with van der Waals surface area (Å²) in [6.07, 6.45) is 1.05. The minimum absolute atomic E-state index is 0.00323. The van der Waals surface area contributed by atoms with Gasteiger partial charge in [0, 0.05) is 59.1 Å². The third-order valence-corrected chi connectivity index (χ3v) is 4.65. The van der Waals surface area contributed by atoms with Crippen molar-refractivity contribution in [3.8, 4) is 0 Å². The highest BCUT2D eigenvalue weighted by molar-refractivity contribution is 5.84. The minimum Gasteiger partial charge on any atom is -0.369 e. The quantitative estimate of drug-likeness (QED) is 0.401. The molecule has 27 heavy (non-hydrogen) atoms. The van der Waals surface area contributed by atoms with Crippen molar-refractivity contribution in [1.29, 1.82) is 0 Å². The molecule has 2 N–H and O–H groups in total. The predicted octanol–water partition coefficient (Wildman–Crippen LogP) is 0.842. The molecule has 0 radical (unpaired) electrons. The van der Waals surface area contributed by atoms with Crippen molar-refractivity contribution in [3.63, 3.8) is 0 Å². The van der Waals surface area contributed by atoms with Crippen LogP contribution in [0.3, 0.4) is 0 Å². The summed E-state index contributed by atoms with van der Waals surface area (Å²) in [6.45, 7) is 9.25. The molecule has 7 heteroatoms. The second-order valence-electron chi connectivity index (χ2n) is 6.93. The van der Waals surface area contributed by atoms with E-state index in [-0.39, 0.29) is 12.5 Å². The van der Waals surface area contributed by atoms with Crippen molar-refractivity contribution >= 4 is 17.6 Å². The first-order chi connectivity index (χ1) is 13.1. The molecule has 0 bridgehead atoms. The Kier molecular flexibility index (Phi) is 8.91. The lowest BCUT2D eigenvalue weighted by Crippen LogP contribution is -2.47. The molecule has 150 valence electrons. The second-order valence-corrected chi connectivity index (χ2v) is 6.93. The SMILES string of the molecule is CCNC(=NCC(=O)N(C)C)NCCCN1CCN(c2ccccc2)CC1. The first-order valence-corrected chi connectivity index (χ1v) is 9.85.